The van der Waals surface area contributed by atoms with Gasteiger partial charge in [-0.2, -0.15) is 0 Å². The molecule has 2 unspecified atom stereocenters. The summed E-state index contributed by atoms with van der Waals surface area (Å²) < 4.78 is 5.17. The molecule has 6 aliphatic rings. The van der Waals surface area contributed by atoms with Gasteiger partial charge in [0.05, 0.1) is 22.4 Å². The smallest absolute Gasteiger partial charge is 0.0625 e. The average Bonchev–Trinajstić information content (AvgIpc) is 4.05. The Balaban J connectivity index is 1.02. The van der Waals surface area contributed by atoms with Crippen molar-refractivity contribution in [3.05, 3.63) is 216 Å². The molecule has 2 nitrogen and oxygen atoms in total. The number of allylic oxidation sites excluding steroid dienone is 12. The van der Waals surface area contributed by atoms with Crippen LogP contribution in [0.4, 0.5) is 0 Å². The van der Waals surface area contributed by atoms with Crippen LogP contribution in [-0.2, 0) is 0 Å². The maximum absolute atomic E-state index is 2.61. The van der Waals surface area contributed by atoms with Gasteiger partial charge in [0.1, 0.15) is 0 Å². The molecule has 0 saturated heterocycles. The van der Waals surface area contributed by atoms with Crippen molar-refractivity contribution in [3.8, 4) is 72.7 Å². The van der Waals surface area contributed by atoms with Crippen LogP contribution >= 0.6 is 0 Å². The van der Waals surface area contributed by atoms with E-state index >= 15 is 0 Å². The van der Waals surface area contributed by atoms with E-state index in [0.717, 1.165) is 12.8 Å². The molecule has 0 fully saturated rings. The second kappa shape index (κ2) is 12.0. The number of para-hydroxylation sites is 2. The Kier molecular flexibility index (Phi) is 6.40. The monoisotopic (exact) mass is 786 g/mol. The highest BCUT2D eigenvalue weighted by Gasteiger charge is 2.40. The summed E-state index contributed by atoms with van der Waals surface area (Å²) in [7, 11) is 0. The highest BCUT2D eigenvalue weighted by molar-refractivity contribution is 6.19. The molecule has 9 aromatic rings. The van der Waals surface area contributed by atoms with E-state index in [4.69, 9.17) is 0 Å². The van der Waals surface area contributed by atoms with E-state index in [1.165, 1.54) is 128 Å². The van der Waals surface area contributed by atoms with Crippen LogP contribution in [0.15, 0.2) is 216 Å². The predicted octanol–water partition coefficient (Wildman–Crippen LogP) is 15.5. The average molecular weight is 787 g/mol. The summed E-state index contributed by atoms with van der Waals surface area (Å²) in [5.41, 5.74) is 26.2. The van der Waals surface area contributed by atoms with Gasteiger partial charge in [-0.05, 0) is 110 Å². The van der Waals surface area contributed by atoms with Gasteiger partial charge in [-0.15, -0.1) is 0 Å². The molecule has 2 atom stereocenters. The van der Waals surface area contributed by atoms with E-state index in [2.05, 4.69) is 203 Å². The second-order valence-corrected chi connectivity index (χ2v) is 17.8. The molecule has 2 heterocycles. The molecule has 2 aromatic heterocycles. The first kappa shape index (κ1) is 33.1. The minimum Gasteiger partial charge on any atom is -0.309 e. The van der Waals surface area contributed by atoms with Gasteiger partial charge in [0.15, 0.2) is 0 Å². The third-order valence-electron chi connectivity index (χ3n) is 14.9. The zero-order valence-electron chi connectivity index (χ0n) is 33.9. The zero-order valence-corrected chi connectivity index (χ0v) is 33.9. The van der Waals surface area contributed by atoms with Gasteiger partial charge in [-0.25, -0.2) is 0 Å². The lowest BCUT2D eigenvalue weighted by Gasteiger charge is -2.25. The second-order valence-electron chi connectivity index (χ2n) is 17.8. The maximum atomic E-state index is 2.61. The summed E-state index contributed by atoms with van der Waals surface area (Å²) in [5, 5.41) is 5.18. The topological polar surface area (TPSA) is 9.86 Å². The van der Waals surface area contributed by atoms with Gasteiger partial charge in [-0.3, -0.25) is 0 Å². The van der Waals surface area contributed by atoms with Gasteiger partial charge in [-0.1, -0.05) is 164 Å². The van der Waals surface area contributed by atoms with Crippen LogP contribution in [0, 0.1) is 11.8 Å². The predicted molar refractivity (Wildman–Crippen MR) is 258 cm³/mol. The molecule has 0 amide bonds. The van der Waals surface area contributed by atoms with Crippen molar-refractivity contribution in [2.45, 2.75) is 12.8 Å². The number of aromatic nitrogens is 2. The van der Waals surface area contributed by atoms with Crippen molar-refractivity contribution in [1.29, 1.82) is 0 Å². The number of fused-ring (bicyclic) bond motifs is 18. The Bertz CT molecular complexity index is 3740. The van der Waals surface area contributed by atoms with Crippen LogP contribution in [0.1, 0.15) is 12.8 Å². The lowest BCUT2D eigenvalue weighted by atomic mass is 9.83. The maximum Gasteiger partial charge on any atom is 0.0625 e. The van der Waals surface area contributed by atoms with Crippen LogP contribution < -0.4 is 0 Å². The van der Waals surface area contributed by atoms with Gasteiger partial charge in [0.2, 0.25) is 0 Å². The third kappa shape index (κ3) is 4.15. The quantitative estimate of drug-likeness (QED) is 0.165. The standard InChI is InChI=1S/C60H38N2/c1-3-19-47-43(17-1)57-49-21-5-7-27-53(49)62(38-30-32-40-42-24-10-14-36-16-12-26-46(56(36)42)52(40)34-38)60(57)48-20-4-2-18-44(48)58-50-22-6-8-28-54(50)61(59(47)58)37-29-31-39-41-23-9-13-35-15-11-25-45(55(35)41)51(39)33-37/h1-13,15-31,33-34,36,40H,14,32H2. The minimum atomic E-state index is 0.408. The van der Waals surface area contributed by atoms with Gasteiger partial charge >= 0.3 is 0 Å². The first-order chi connectivity index (χ1) is 30.8. The highest BCUT2D eigenvalue weighted by atomic mass is 15.0. The molecule has 7 aromatic carbocycles. The number of benzene rings is 7. The molecule has 0 aliphatic heterocycles. The SMILES string of the molecule is C1=CC2CC=CC3=C2C(=C1)C1=CC(n2c4c(c5ccccc52)-c2ccccc2-c2c(c5ccccc5n2-c2ccc5c(c2)-c2cccc6cccc-5c26)-c2ccccc2-4)=CCC13. The lowest BCUT2D eigenvalue weighted by molar-refractivity contribution is 0.732. The highest BCUT2D eigenvalue weighted by Crippen LogP contribution is 2.57. The molecule has 2 heteroatoms. The normalized spacial score (nSPS) is 18.3. The number of hydrogen-bond acceptors (Lipinski definition) is 0. The van der Waals surface area contributed by atoms with Crippen LogP contribution in [0.5, 0.6) is 0 Å². The fraction of sp³-hybridized carbons (Fsp3) is 0.0667. The van der Waals surface area contributed by atoms with E-state index in [1.807, 2.05) is 0 Å². The van der Waals surface area contributed by atoms with Crippen molar-refractivity contribution >= 4 is 38.3 Å². The Hall–Kier alpha value is -7.68. The Labute approximate surface area is 359 Å². The number of hydrogen-bond donors (Lipinski definition) is 0. The summed E-state index contributed by atoms with van der Waals surface area (Å²) in [6.45, 7) is 0. The molecule has 6 aliphatic carbocycles. The summed E-state index contributed by atoms with van der Waals surface area (Å²) >= 11 is 0. The number of nitrogens with zero attached hydrogens (tertiary/aromatic N) is 2. The van der Waals surface area contributed by atoms with Crippen LogP contribution in [0.2, 0.25) is 0 Å². The Morgan fingerprint density at radius 3 is 1.89 bits per heavy atom. The molecule has 0 saturated carbocycles. The molecule has 62 heavy (non-hydrogen) atoms. The van der Waals surface area contributed by atoms with E-state index < -0.39 is 0 Å². The summed E-state index contributed by atoms with van der Waals surface area (Å²) in [6.07, 6.45) is 19.0. The van der Waals surface area contributed by atoms with E-state index in [9.17, 15) is 0 Å². The molecule has 0 radical (unpaired) electrons. The van der Waals surface area contributed by atoms with E-state index in [0.29, 0.717) is 11.8 Å². The number of rotatable bonds is 2. The molecule has 0 bridgehead atoms. The van der Waals surface area contributed by atoms with E-state index in [1.54, 1.807) is 5.57 Å². The molecule has 0 spiro atoms. The summed E-state index contributed by atoms with van der Waals surface area (Å²) in [6, 6.07) is 57.2. The van der Waals surface area contributed by atoms with Crippen LogP contribution in [0.25, 0.3) is 111 Å². The largest absolute Gasteiger partial charge is 0.309 e. The fourth-order valence-corrected chi connectivity index (χ4v) is 12.4. The Morgan fingerprint density at radius 1 is 0.516 bits per heavy atom. The summed E-state index contributed by atoms with van der Waals surface area (Å²) in [5.74, 6) is 0.894. The first-order valence-corrected chi connectivity index (χ1v) is 22.2. The molecule has 288 valence electrons. The van der Waals surface area contributed by atoms with Crippen LogP contribution in [-0.4, -0.2) is 9.13 Å². The van der Waals surface area contributed by atoms with E-state index in [-0.39, 0.29) is 0 Å². The molecule has 15 rings (SSSR count). The van der Waals surface area contributed by atoms with Crippen molar-refractivity contribution in [2.75, 3.05) is 0 Å². The van der Waals surface area contributed by atoms with Crippen molar-refractivity contribution in [2.24, 2.45) is 11.8 Å². The van der Waals surface area contributed by atoms with Crippen molar-refractivity contribution < 1.29 is 0 Å². The fourth-order valence-electron chi connectivity index (χ4n) is 12.4. The zero-order chi connectivity index (χ0) is 40.2. The Morgan fingerprint density at radius 2 is 1.15 bits per heavy atom. The lowest BCUT2D eigenvalue weighted by Crippen LogP contribution is -2.10. The third-order valence-corrected chi connectivity index (χ3v) is 14.9. The van der Waals surface area contributed by atoms with Gasteiger partial charge in [0.25, 0.3) is 0 Å². The molecular formula is C60H38N2. The van der Waals surface area contributed by atoms with Gasteiger partial charge < -0.3 is 9.13 Å². The van der Waals surface area contributed by atoms with Crippen molar-refractivity contribution in [1.82, 2.24) is 9.13 Å². The van der Waals surface area contributed by atoms with Crippen LogP contribution in [0.3, 0.4) is 0 Å². The minimum absolute atomic E-state index is 0.408. The molecule has 0 N–H and O–H groups in total. The summed E-state index contributed by atoms with van der Waals surface area (Å²) in [4.78, 5) is 0. The van der Waals surface area contributed by atoms with Crippen molar-refractivity contribution in [3.63, 3.8) is 0 Å². The molecular weight excluding hydrogens is 749 g/mol. The van der Waals surface area contributed by atoms with Gasteiger partial charge in [0, 0.05) is 56.2 Å². The first-order valence-electron chi connectivity index (χ1n) is 22.2.